The van der Waals surface area contributed by atoms with Crippen molar-refractivity contribution in [1.29, 1.82) is 0 Å². The first-order valence-electron chi connectivity index (χ1n) is 4.84. The summed E-state index contributed by atoms with van der Waals surface area (Å²) in [6.07, 6.45) is 2.57. The fraction of sp³-hybridized carbons (Fsp3) is 0.700. The average molecular weight is 197 g/mol. The highest BCUT2D eigenvalue weighted by atomic mass is 16.3. The van der Waals surface area contributed by atoms with E-state index in [4.69, 9.17) is 10.8 Å². The van der Waals surface area contributed by atoms with Gasteiger partial charge in [0.2, 0.25) is 0 Å². The molecule has 1 rings (SSSR count). The Morgan fingerprint density at radius 1 is 1.57 bits per heavy atom. The Balaban J connectivity index is 2.58. The van der Waals surface area contributed by atoms with Crippen LogP contribution in [0.3, 0.4) is 0 Å². The predicted octanol–water partition coefficient (Wildman–Crippen LogP) is 0.600. The minimum absolute atomic E-state index is 0.0136. The zero-order valence-corrected chi connectivity index (χ0v) is 9.12. The highest BCUT2D eigenvalue weighted by Crippen LogP contribution is 2.10. The predicted molar refractivity (Wildman–Crippen MR) is 56.0 cm³/mol. The first-order chi connectivity index (χ1) is 6.46. The molecule has 80 valence electrons. The minimum atomic E-state index is -0.495. The summed E-state index contributed by atoms with van der Waals surface area (Å²) in [6.45, 7) is 6.70. The van der Waals surface area contributed by atoms with Crippen LogP contribution in [0.2, 0.25) is 0 Å². The largest absolute Gasteiger partial charge is 0.394 e. The molecular formula is C10H19N3O. The summed E-state index contributed by atoms with van der Waals surface area (Å²) in [4.78, 5) is 4.20. The molecule has 1 aromatic heterocycles. The van der Waals surface area contributed by atoms with Gasteiger partial charge in [0, 0.05) is 17.8 Å². The van der Waals surface area contributed by atoms with E-state index in [-0.39, 0.29) is 6.61 Å². The quantitative estimate of drug-likeness (QED) is 0.743. The van der Waals surface area contributed by atoms with Crippen LogP contribution in [0, 0.1) is 13.8 Å². The smallest absolute Gasteiger partial charge is 0.0951 e. The summed E-state index contributed by atoms with van der Waals surface area (Å²) < 4.78 is 2.07. The number of aliphatic hydroxyl groups is 1. The second-order valence-corrected chi connectivity index (χ2v) is 4.17. The van der Waals surface area contributed by atoms with Crippen LogP contribution in [0.4, 0.5) is 0 Å². The summed E-state index contributed by atoms with van der Waals surface area (Å²) in [5.41, 5.74) is 7.56. The molecule has 0 spiro atoms. The van der Waals surface area contributed by atoms with E-state index in [2.05, 4.69) is 9.55 Å². The van der Waals surface area contributed by atoms with Crippen molar-refractivity contribution in [2.24, 2.45) is 5.73 Å². The number of hydrogen-bond donors (Lipinski definition) is 2. The second-order valence-electron chi connectivity index (χ2n) is 4.17. The van der Waals surface area contributed by atoms with E-state index < -0.39 is 5.54 Å². The molecule has 3 N–H and O–H groups in total. The molecule has 0 aliphatic heterocycles. The van der Waals surface area contributed by atoms with Crippen LogP contribution < -0.4 is 5.73 Å². The Bertz CT molecular complexity index is 304. The van der Waals surface area contributed by atoms with Crippen molar-refractivity contribution in [3.05, 3.63) is 17.7 Å². The van der Waals surface area contributed by atoms with Crippen LogP contribution in [0.1, 0.15) is 24.7 Å². The molecule has 1 heterocycles. The first kappa shape index (κ1) is 11.2. The zero-order valence-electron chi connectivity index (χ0n) is 9.12. The summed E-state index contributed by atoms with van der Waals surface area (Å²) in [7, 11) is 0. The van der Waals surface area contributed by atoms with Crippen molar-refractivity contribution in [3.63, 3.8) is 0 Å². The normalized spacial score (nSPS) is 15.5. The molecule has 0 amide bonds. The van der Waals surface area contributed by atoms with Crippen LogP contribution >= 0.6 is 0 Å². The molecule has 0 aromatic carbocycles. The lowest BCUT2D eigenvalue weighted by Crippen LogP contribution is -2.41. The number of hydrogen-bond acceptors (Lipinski definition) is 3. The minimum Gasteiger partial charge on any atom is -0.394 e. The topological polar surface area (TPSA) is 64.1 Å². The van der Waals surface area contributed by atoms with Crippen LogP contribution in [0.5, 0.6) is 0 Å². The molecule has 14 heavy (non-hydrogen) atoms. The fourth-order valence-electron chi connectivity index (χ4n) is 1.22. The molecule has 1 unspecified atom stereocenters. The van der Waals surface area contributed by atoms with Gasteiger partial charge in [-0.2, -0.15) is 0 Å². The maximum Gasteiger partial charge on any atom is 0.0951 e. The van der Waals surface area contributed by atoms with E-state index in [1.807, 2.05) is 27.1 Å². The van der Waals surface area contributed by atoms with E-state index in [1.54, 1.807) is 0 Å². The van der Waals surface area contributed by atoms with Crippen LogP contribution in [0.15, 0.2) is 6.33 Å². The van der Waals surface area contributed by atoms with Gasteiger partial charge in [-0.15, -0.1) is 0 Å². The van der Waals surface area contributed by atoms with E-state index in [9.17, 15) is 0 Å². The van der Waals surface area contributed by atoms with Gasteiger partial charge in [-0.05, 0) is 27.2 Å². The Labute approximate surface area is 84.8 Å². The first-order valence-corrected chi connectivity index (χ1v) is 4.84. The van der Waals surface area contributed by atoms with E-state index in [0.29, 0.717) is 0 Å². The Morgan fingerprint density at radius 3 is 2.64 bits per heavy atom. The summed E-state index contributed by atoms with van der Waals surface area (Å²) in [6, 6.07) is 0. The molecule has 0 saturated carbocycles. The molecule has 0 aliphatic carbocycles. The highest BCUT2D eigenvalue weighted by molar-refractivity contribution is 5.08. The summed E-state index contributed by atoms with van der Waals surface area (Å²) >= 11 is 0. The van der Waals surface area contributed by atoms with E-state index in [0.717, 1.165) is 18.7 Å². The second kappa shape index (κ2) is 4.11. The standard InChI is InChI=1S/C10H19N3O/c1-8-9(2)13(7-12-8)5-4-10(3,11)6-14/h7,14H,4-6,11H2,1-3H3. The van der Waals surface area contributed by atoms with Gasteiger partial charge in [0.25, 0.3) is 0 Å². The number of nitrogens with zero attached hydrogens (tertiary/aromatic N) is 2. The maximum absolute atomic E-state index is 9.00. The zero-order chi connectivity index (χ0) is 10.8. The molecule has 4 heteroatoms. The Morgan fingerprint density at radius 2 is 2.21 bits per heavy atom. The van der Waals surface area contributed by atoms with E-state index in [1.165, 1.54) is 5.69 Å². The lowest BCUT2D eigenvalue weighted by molar-refractivity contribution is 0.195. The summed E-state index contributed by atoms with van der Waals surface area (Å²) in [5, 5.41) is 9.00. The van der Waals surface area contributed by atoms with Crippen molar-refractivity contribution < 1.29 is 5.11 Å². The molecule has 0 fully saturated rings. The number of nitrogens with two attached hydrogens (primary N) is 1. The molecule has 1 aromatic rings. The third kappa shape index (κ3) is 2.56. The third-order valence-corrected chi connectivity index (χ3v) is 2.63. The van der Waals surface area contributed by atoms with Crippen molar-refractivity contribution in [2.45, 2.75) is 39.3 Å². The fourth-order valence-corrected chi connectivity index (χ4v) is 1.22. The van der Waals surface area contributed by atoms with Crippen molar-refractivity contribution in [3.8, 4) is 0 Å². The Kier molecular flexibility index (Phi) is 3.29. The van der Waals surface area contributed by atoms with Crippen LogP contribution in [-0.4, -0.2) is 26.8 Å². The summed E-state index contributed by atoms with van der Waals surface area (Å²) in [5.74, 6) is 0. The van der Waals surface area contributed by atoms with Gasteiger partial charge in [-0.3, -0.25) is 0 Å². The van der Waals surface area contributed by atoms with Crippen LogP contribution in [-0.2, 0) is 6.54 Å². The monoisotopic (exact) mass is 197 g/mol. The van der Waals surface area contributed by atoms with Gasteiger partial charge in [-0.1, -0.05) is 0 Å². The molecular weight excluding hydrogens is 178 g/mol. The number of rotatable bonds is 4. The maximum atomic E-state index is 9.00. The SMILES string of the molecule is Cc1ncn(CCC(C)(N)CO)c1C. The molecule has 4 nitrogen and oxygen atoms in total. The lowest BCUT2D eigenvalue weighted by Gasteiger charge is -2.21. The van der Waals surface area contributed by atoms with E-state index >= 15 is 0 Å². The van der Waals surface area contributed by atoms with Gasteiger partial charge in [0.1, 0.15) is 0 Å². The number of aliphatic hydroxyl groups excluding tert-OH is 1. The van der Waals surface area contributed by atoms with Gasteiger partial charge in [0.15, 0.2) is 0 Å². The molecule has 0 aliphatic rings. The van der Waals surface area contributed by atoms with Crippen molar-refractivity contribution >= 4 is 0 Å². The molecule has 1 atom stereocenters. The number of aromatic nitrogens is 2. The number of aryl methyl sites for hydroxylation is 2. The average Bonchev–Trinajstić information content (AvgIpc) is 2.45. The van der Waals surface area contributed by atoms with Gasteiger partial charge in [-0.25, -0.2) is 4.98 Å². The van der Waals surface area contributed by atoms with Crippen LogP contribution in [0.25, 0.3) is 0 Å². The molecule has 0 bridgehead atoms. The Hall–Kier alpha value is -0.870. The van der Waals surface area contributed by atoms with Gasteiger partial charge < -0.3 is 15.4 Å². The molecule has 0 radical (unpaired) electrons. The third-order valence-electron chi connectivity index (χ3n) is 2.63. The lowest BCUT2D eigenvalue weighted by atomic mass is 10.0. The van der Waals surface area contributed by atoms with Gasteiger partial charge in [0.05, 0.1) is 18.6 Å². The van der Waals surface area contributed by atoms with Gasteiger partial charge >= 0.3 is 0 Å². The highest BCUT2D eigenvalue weighted by Gasteiger charge is 2.17. The van der Waals surface area contributed by atoms with Crippen molar-refractivity contribution in [2.75, 3.05) is 6.61 Å². The number of imidazole rings is 1. The molecule has 0 saturated heterocycles. The van der Waals surface area contributed by atoms with Crippen molar-refractivity contribution in [1.82, 2.24) is 9.55 Å².